The maximum absolute atomic E-state index is 12.7. The van der Waals surface area contributed by atoms with Crippen molar-refractivity contribution in [1.82, 2.24) is 4.57 Å². The van der Waals surface area contributed by atoms with Crippen LogP contribution in [0.1, 0.15) is 11.1 Å². The number of hydrogen-bond acceptors (Lipinski definition) is 2. The molecule has 0 aliphatic heterocycles. The number of hydrogen-bond donors (Lipinski definition) is 1. The molecule has 6 heteroatoms. The SMILES string of the molecule is N#C/C(=C\c1cn(Cc2ccc(Cl)cc2)c2ccccc12)C(=O)Nc1ccccc1Cl. The van der Waals surface area contributed by atoms with Crippen LogP contribution in [0, 0.1) is 11.3 Å². The molecule has 1 amide bonds. The summed E-state index contributed by atoms with van der Waals surface area (Å²) < 4.78 is 2.09. The summed E-state index contributed by atoms with van der Waals surface area (Å²) in [5, 5.41) is 14.4. The predicted molar refractivity (Wildman–Crippen MR) is 126 cm³/mol. The van der Waals surface area contributed by atoms with Crippen LogP contribution in [0.25, 0.3) is 17.0 Å². The Morgan fingerprint density at radius 2 is 1.71 bits per heavy atom. The van der Waals surface area contributed by atoms with E-state index in [0.717, 1.165) is 22.0 Å². The van der Waals surface area contributed by atoms with Gasteiger partial charge in [-0.25, -0.2) is 0 Å². The van der Waals surface area contributed by atoms with Gasteiger partial charge in [-0.05, 0) is 42.0 Å². The number of carbonyl (C=O) groups excluding carboxylic acids is 1. The fourth-order valence-corrected chi connectivity index (χ4v) is 3.67. The van der Waals surface area contributed by atoms with Gasteiger partial charge < -0.3 is 9.88 Å². The number of carbonyl (C=O) groups is 1. The fourth-order valence-electron chi connectivity index (χ4n) is 3.36. The Hall–Kier alpha value is -3.52. The molecule has 0 saturated heterocycles. The van der Waals surface area contributed by atoms with Gasteiger partial charge in [-0.3, -0.25) is 4.79 Å². The molecule has 0 spiro atoms. The number of nitriles is 1. The molecule has 1 N–H and O–H groups in total. The van der Waals surface area contributed by atoms with E-state index in [1.54, 1.807) is 30.3 Å². The maximum Gasteiger partial charge on any atom is 0.266 e. The summed E-state index contributed by atoms with van der Waals surface area (Å²) in [7, 11) is 0. The van der Waals surface area contributed by atoms with Crippen molar-refractivity contribution in [1.29, 1.82) is 5.26 Å². The Balaban J connectivity index is 1.68. The van der Waals surface area contributed by atoms with E-state index in [0.29, 0.717) is 22.3 Å². The first-order chi connectivity index (χ1) is 15.0. The third-order valence-electron chi connectivity index (χ3n) is 4.87. The lowest BCUT2D eigenvalue weighted by Crippen LogP contribution is -2.13. The number of halogens is 2. The van der Waals surface area contributed by atoms with Crippen LogP contribution in [0.4, 0.5) is 5.69 Å². The van der Waals surface area contributed by atoms with Crippen molar-refractivity contribution in [3.8, 4) is 6.07 Å². The third kappa shape index (κ3) is 4.64. The molecule has 31 heavy (non-hydrogen) atoms. The Morgan fingerprint density at radius 3 is 2.45 bits per heavy atom. The van der Waals surface area contributed by atoms with Crippen molar-refractivity contribution < 1.29 is 4.79 Å². The number of benzene rings is 3. The van der Waals surface area contributed by atoms with Crippen molar-refractivity contribution in [2.24, 2.45) is 0 Å². The molecule has 4 nitrogen and oxygen atoms in total. The van der Waals surface area contributed by atoms with Crippen LogP contribution >= 0.6 is 23.2 Å². The van der Waals surface area contributed by atoms with Gasteiger partial charge in [-0.2, -0.15) is 5.26 Å². The lowest BCUT2D eigenvalue weighted by atomic mass is 10.1. The number of nitrogens with zero attached hydrogens (tertiary/aromatic N) is 2. The minimum atomic E-state index is -0.509. The minimum absolute atomic E-state index is 0.00526. The zero-order valence-electron chi connectivity index (χ0n) is 16.3. The summed E-state index contributed by atoms with van der Waals surface area (Å²) in [5.74, 6) is -0.509. The summed E-state index contributed by atoms with van der Waals surface area (Å²) in [5.41, 5.74) is 3.34. The van der Waals surface area contributed by atoms with E-state index in [1.807, 2.05) is 60.8 Å². The van der Waals surface area contributed by atoms with Crippen LogP contribution in [0.15, 0.2) is 84.6 Å². The maximum atomic E-state index is 12.7. The molecule has 152 valence electrons. The summed E-state index contributed by atoms with van der Waals surface area (Å²) in [6.45, 7) is 0.638. The van der Waals surface area contributed by atoms with E-state index in [9.17, 15) is 10.1 Å². The molecule has 4 aromatic rings. The number of anilines is 1. The normalized spacial score (nSPS) is 11.3. The zero-order valence-corrected chi connectivity index (χ0v) is 17.9. The second-order valence-corrected chi connectivity index (χ2v) is 7.80. The molecular weight excluding hydrogens is 429 g/mol. The first-order valence-electron chi connectivity index (χ1n) is 9.55. The van der Waals surface area contributed by atoms with Crippen molar-refractivity contribution in [3.05, 3.63) is 106 Å². The highest BCUT2D eigenvalue weighted by Gasteiger charge is 2.14. The van der Waals surface area contributed by atoms with Crippen LogP contribution < -0.4 is 5.32 Å². The van der Waals surface area contributed by atoms with Gasteiger partial charge in [0.05, 0.1) is 10.7 Å². The number of para-hydroxylation sites is 2. The van der Waals surface area contributed by atoms with Crippen LogP contribution in [-0.4, -0.2) is 10.5 Å². The standard InChI is InChI=1S/C25H17Cl2N3O/c26-20-11-9-17(10-12-20)15-30-16-19(21-5-1-4-8-24(21)30)13-18(14-28)25(31)29-23-7-3-2-6-22(23)27/h1-13,16H,15H2,(H,29,31)/b18-13+. The summed E-state index contributed by atoms with van der Waals surface area (Å²) in [6.07, 6.45) is 3.55. The van der Waals surface area contributed by atoms with Gasteiger partial charge in [-0.15, -0.1) is 0 Å². The average molecular weight is 446 g/mol. The molecule has 0 saturated carbocycles. The molecule has 0 aliphatic carbocycles. The number of rotatable bonds is 5. The molecule has 4 rings (SSSR count). The lowest BCUT2D eigenvalue weighted by molar-refractivity contribution is -0.112. The van der Waals surface area contributed by atoms with E-state index >= 15 is 0 Å². The largest absolute Gasteiger partial charge is 0.342 e. The van der Waals surface area contributed by atoms with Gasteiger partial charge in [0.1, 0.15) is 11.6 Å². The number of fused-ring (bicyclic) bond motifs is 1. The first kappa shape index (κ1) is 20.7. The molecule has 0 atom stereocenters. The van der Waals surface area contributed by atoms with Gasteiger partial charge in [0.15, 0.2) is 0 Å². The van der Waals surface area contributed by atoms with Gasteiger partial charge in [0, 0.05) is 34.2 Å². The second-order valence-electron chi connectivity index (χ2n) is 6.96. The van der Waals surface area contributed by atoms with Crippen LogP contribution in [0.5, 0.6) is 0 Å². The van der Waals surface area contributed by atoms with Crippen LogP contribution in [-0.2, 0) is 11.3 Å². The average Bonchev–Trinajstić information content (AvgIpc) is 3.12. The molecule has 0 bridgehead atoms. The van der Waals surface area contributed by atoms with Crippen molar-refractivity contribution in [3.63, 3.8) is 0 Å². The van der Waals surface area contributed by atoms with Gasteiger partial charge in [0.25, 0.3) is 5.91 Å². The van der Waals surface area contributed by atoms with Crippen molar-refractivity contribution in [2.45, 2.75) is 6.54 Å². The fraction of sp³-hybridized carbons (Fsp3) is 0.0400. The highest BCUT2D eigenvalue weighted by atomic mass is 35.5. The monoisotopic (exact) mass is 445 g/mol. The number of nitrogens with one attached hydrogen (secondary N) is 1. The molecular formula is C25H17Cl2N3O. The first-order valence-corrected chi connectivity index (χ1v) is 10.3. The van der Waals surface area contributed by atoms with Crippen molar-refractivity contribution in [2.75, 3.05) is 5.32 Å². The smallest absolute Gasteiger partial charge is 0.266 e. The van der Waals surface area contributed by atoms with Gasteiger partial charge >= 0.3 is 0 Å². The summed E-state index contributed by atoms with van der Waals surface area (Å²) in [6, 6.07) is 24.5. The summed E-state index contributed by atoms with van der Waals surface area (Å²) in [4.78, 5) is 12.7. The Morgan fingerprint density at radius 1 is 1.00 bits per heavy atom. The Labute approximate surface area is 189 Å². The molecule has 0 radical (unpaired) electrons. The zero-order chi connectivity index (χ0) is 21.8. The van der Waals surface area contributed by atoms with E-state index in [1.165, 1.54) is 0 Å². The van der Waals surface area contributed by atoms with E-state index in [-0.39, 0.29) is 5.57 Å². The highest BCUT2D eigenvalue weighted by molar-refractivity contribution is 6.34. The summed E-state index contributed by atoms with van der Waals surface area (Å²) >= 11 is 12.1. The molecule has 1 heterocycles. The topological polar surface area (TPSA) is 57.8 Å². The Bertz CT molecular complexity index is 1330. The van der Waals surface area contributed by atoms with Crippen LogP contribution in [0.3, 0.4) is 0 Å². The quantitative estimate of drug-likeness (QED) is 0.280. The highest BCUT2D eigenvalue weighted by Crippen LogP contribution is 2.26. The van der Waals surface area contributed by atoms with E-state index < -0.39 is 5.91 Å². The number of amides is 1. The second kappa shape index (κ2) is 9.09. The van der Waals surface area contributed by atoms with Gasteiger partial charge in [-0.1, -0.05) is 65.7 Å². The Kier molecular flexibility index (Phi) is 6.08. The molecule has 1 aromatic heterocycles. The molecule has 3 aromatic carbocycles. The molecule has 0 unspecified atom stereocenters. The predicted octanol–water partition coefficient (Wildman–Crippen LogP) is 6.54. The molecule has 0 fully saturated rings. The van der Waals surface area contributed by atoms with E-state index in [4.69, 9.17) is 23.2 Å². The third-order valence-corrected chi connectivity index (χ3v) is 5.45. The molecule has 0 aliphatic rings. The lowest BCUT2D eigenvalue weighted by Gasteiger charge is -2.06. The van der Waals surface area contributed by atoms with Gasteiger partial charge in [0.2, 0.25) is 0 Å². The van der Waals surface area contributed by atoms with Crippen LogP contribution in [0.2, 0.25) is 10.0 Å². The van der Waals surface area contributed by atoms with E-state index in [2.05, 4.69) is 9.88 Å². The minimum Gasteiger partial charge on any atom is -0.342 e. The van der Waals surface area contributed by atoms with Crippen molar-refractivity contribution >= 4 is 51.8 Å². The number of aromatic nitrogens is 1.